The smallest absolute Gasteiger partial charge is 0.294 e. The molecule has 0 aromatic carbocycles. The molecule has 2 N–H and O–H groups in total. The van der Waals surface area contributed by atoms with E-state index in [-0.39, 0.29) is 11.5 Å². The number of hydrogen-bond donors (Lipinski definition) is 2. The third-order valence-electron chi connectivity index (χ3n) is 8.29. The first kappa shape index (κ1) is 36.7. The Morgan fingerprint density at radius 3 is 1.43 bits per heavy atom. The SMILES string of the molecule is CCCCCCCNc1cc[n+](C(Cl)C(CCCCCCCCCCCl)[n+]2ccc(NCCCCCCC)cc2)cc1. The monoisotopic (exact) mass is 620 g/mol. The van der Waals surface area contributed by atoms with E-state index < -0.39 is 0 Å². The van der Waals surface area contributed by atoms with Gasteiger partial charge in [-0.1, -0.05) is 104 Å². The number of unbranched alkanes of at least 4 members (excludes halogenated alkanes) is 15. The number of nitrogens with one attached hydrogen (secondary N) is 2. The summed E-state index contributed by atoms with van der Waals surface area (Å²) in [6.45, 7) is 6.60. The molecule has 2 atom stereocenters. The zero-order valence-corrected chi connectivity index (χ0v) is 28.5. The van der Waals surface area contributed by atoms with E-state index in [1.165, 1.54) is 121 Å². The Bertz CT molecular complexity index is 875. The number of pyridine rings is 2. The molecule has 0 amide bonds. The summed E-state index contributed by atoms with van der Waals surface area (Å²) in [5.41, 5.74) is 2.22. The van der Waals surface area contributed by atoms with Crippen LogP contribution < -0.4 is 19.8 Å². The Balaban J connectivity index is 1.92. The summed E-state index contributed by atoms with van der Waals surface area (Å²) in [6.07, 6.45) is 32.9. The summed E-state index contributed by atoms with van der Waals surface area (Å²) in [5.74, 6) is 0.797. The van der Waals surface area contributed by atoms with Crippen molar-refractivity contribution in [3.05, 3.63) is 49.1 Å². The third kappa shape index (κ3) is 16.4. The largest absolute Gasteiger partial charge is 0.385 e. The summed E-state index contributed by atoms with van der Waals surface area (Å²) in [6, 6.07) is 8.95. The van der Waals surface area contributed by atoms with Gasteiger partial charge in [0.05, 0.1) is 0 Å². The van der Waals surface area contributed by atoms with Crippen LogP contribution in [-0.4, -0.2) is 19.0 Å². The van der Waals surface area contributed by atoms with Gasteiger partial charge in [0.2, 0.25) is 6.04 Å². The highest BCUT2D eigenvalue weighted by molar-refractivity contribution is 6.18. The molecule has 0 bridgehead atoms. The Kier molecular flexibility index (Phi) is 21.7. The van der Waals surface area contributed by atoms with Crippen LogP contribution in [0.25, 0.3) is 0 Å². The van der Waals surface area contributed by atoms with E-state index >= 15 is 0 Å². The van der Waals surface area contributed by atoms with Crippen molar-refractivity contribution < 1.29 is 9.13 Å². The van der Waals surface area contributed by atoms with Crippen molar-refractivity contribution >= 4 is 34.6 Å². The van der Waals surface area contributed by atoms with E-state index in [0.717, 1.165) is 31.8 Å². The zero-order valence-electron chi connectivity index (χ0n) is 27.0. The van der Waals surface area contributed by atoms with E-state index in [0.29, 0.717) is 0 Å². The van der Waals surface area contributed by atoms with E-state index in [1.54, 1.807) is 0 Å². The van der Waals surface area contributed by atoms with Crippen molar-refractivity contribution in [2.75, 3.05) is 29.6 Å². The first-order chi connectivity index (χ1) is 20.7. The molecule has 0 aliphatic heterocycles. The van der Waals surface area contributed by atoms with Gasteiger partial charge in [0.25, 0.3) is 5.50 Å². The van der Waals surface area contributed by atoms with Gasteiger partial charge < -0.3 is 10.6 Å². The summed E-state index contributed by atoms with van der Waals surface area (Å²) >= 11 is 13.0. The highest BCUT2D eigenvalue weighted by atomic mass is 35.5. The molecular weight excluding hydrogens is 559 g/mol. The van der Waals surface area contributed by atoms with Crippen LogP contribution in [0.15, 0.2) is 49.1 Å². The summed E-state index contributed by atoms with van der Waals surface area (Å²) in [5, 5.41) is 7.18. The molecule has 2 heterocycles. The van der Waals surface area contributed by atoms with Gasteiger partial charge in [-0.3, -0.25) is 0 Å². The fourth-order valence-corrected chi connectivity index (χ4v) is 6.13. The second kappa shape index (κ2) is 24.9. The van der Waals surface area contributed by atoms with Crippen LogP contribution in [-0.2, 0) is 0 Å². The maximum Gasteiger partial charge on any atom is 0.294 e. The van der Waals surface area contributed by atoms with Crippen LogP contribution >= 0.6 is 23.2 Å². The molecule has 2 aromatic heterocycles. The van der Waals surface area contributed by atoms with Crippen molar-refractivity contribution in [3.8, 4) is 0 Å². The van der Waals surface area contributed by atoms with Crippen molar-refractivity contribution in [1.29, 1.82) is 0 Å². The number of hydrogen-bond acceptors (Lipinski definition) is 2. The molecule has 238 valence electrons. The Hall–Kier alpha value is -1.52. The van der Waals surface area contributed by atoms with E-state index in [9.17, 15) is 0 Å². The molecule has 0 aliphatic carbocycles. The molecule has 42 heavy (non-hydrogen) atoms. The molecular formula is C36H62Cl2N4+2. The predicted octanol–water partition coefficient (Wildman–Crippen LogP) is 10.8. The van der Waals surface area contributed by atoms with Crippen LogP contribution in [0.2, 0.25) is 0 Å². The maximum absolute atomic E-state index is 7.22. The summed E-state index contributed by atoms with van der Waals surface area (Å²) in [4.78, 5) is 0. The number of alkyl halides is 2. The van der Waals surface area contributed by atoms with Gasteiger partial charge in [-0.15, -0.1) is 11.6 Å². The number of halogens is 2. The van der Waals surface area contributed by atoms with Gasteiger partial charge >= 0.3 is 0 Å². The number of rotatable bonds is 27. The van der Waals surface area contributed by atoms with E-state index in [2.05, 4.69) is 82.7 Å². The number of nitrogens with zero attached hydrogens (tertiary/aromatic N) is 2. The third-order valence-corrected chi connectivity index (χ3v) is 9.08. The molecule has 4 nitrogen and oxygen atoms in total. The van der Waals surface area contributed by atoms with E-state index in [1.807, 2.05) is 0 Å². The van der Waals surface area contributed by atoms with E-state index in [4.69, 9.17) is 23.2 Å². The van der Waals surface area contributed by atoms with Crippen LogP contribution in [0.5, 0.6) is 0 Å². The molecule has 2 unspecified atom stereocenters. The normalized spacial score (nSPS) is 12.8. The average molecular weight is 622 g/mol. The molecule has 2 rings (SSSR count). The highest BCUT2D eigenvalue weighted by Crippen LogP contribution is 2.25. The topological polar surface area (TPSA) is 31.8 Å². The lowest BCUT2D eigenvalue weighted by molar-refractivity contribution is -0.802. The van der Waals surface area contributed by atoms with Crippen LogP contribution in [0.4, 0.5) is 11.4 Å². The van der Waals surface area contributed by atoms with Gasteiger partial charge in [-0.05, 0) is 37.3 Å². The minimum atomic E-state index is -0.147. The quantitative estimate of drug-likeness (QED) is 0.0591. The fourth-order valence-electron chi connectivity index (χ4n) is 5.56. The van der Waals surface area contributed by atoms with Gasteiger partial charge in [-0.25, -0.2) is 0 Å². The first-order valence-corrected chi connectivity index (χ1v) is 18.4. The molecule has 0 aliphatic rings. The molecule has 2 aromatic rings. The van der Waals surface area contributed by atoms with Gasteiger partial charge in [0.1, 0.15) is 0 Å². The Morgan fingerprint density at radius 1 is 0.548 bits per heavy atom. The summed E-state index contributed by atoms with van der Waals surface area (Å²) in [7, 11) is 0. The second-order valence-corrected chi connectivity index (χ2v) is 12.8. The molecule has 0 saturated carbocycles. The highest BCUT2D eigenvalue weighted by Gasteiger charge is 2.34. The fraction of sp³-hybridized carbons (Fsp3) is 0.722. The van der Waals surface area contributed by atoms with Crippen molar-refractivity contribution in [3.63, 3.8) is 0 Å². The lowest BCUT2D eigenvalue weighted by Crippen LogP contribution is -2.50. The molecule has 0 fully saturated rings. The van der Waals surface area contributed by atoms with Crippen molar-refractivity contribution in [1.82, 2.24) is 0 Å². The van der Waals surface area contributed by atoms with Crippen molar-refractivity contribution in [2.45, 2.75) is 147 Å². The maximum atomic E-state index is 7.22. The Morgan fingerprint density at radius 2 is 0.952 bits per heavy atom. The van der Waals surface area contributed by atoms with Crippen LogP contribution in [0, 0.1) is 0 Å². The average Bonchev–Trinajstić information content (AvgIpc) is 3.02. The van der Waals surface area contributed by atoms with Gasteiger partial charge in [0.15, 0.2) is 24.8 Å². The lowest BCUT2D eigenvalue weighted by Gasteiger charge is -2.16. The molecule has 6 heteroatoms. The standard InChI is InChI=1S/C36H60Cl2N4/c1-3-5-7-15-19-27-39-33-22-29-41(30-23-33)35(21-17-13-11-9-10-12-14-18-26-37)36(38)42-31-24-34(25-32-42)40-28-20-16-8-6-4-2/h22-25,29-32,35-36H,3-21,26-28H2,1-2H3/p+2. The van der Waals surface area contributed by atoms with Crippen molar-refractivity contribution in [2.24, 2.45) is 0 Å². The number of anilines is 2. The zero-order chi connectivity index (χ0) is 30.1. The minimum absolute atomic E-state index is 0.147. The second-order valence-electron chi connectivity index (χ2n) is 12.0. The van der Waals surface area contributed by atoms with Crippen LogP contribution in [0.1, 0.15) is 147 Å². The predicted molar refractivity (Wildman–Crippen MR) is 184 cm³/mol. The molecule has 0 spiro atoms. The van der Waals surface area contributed by atoms with Crippen LogP contribution in [0.3, 0.4) is 0 Å². The van der Waals surface area contributed by atoms with Gasteiger partial charge in [-0.2, -0.15) is 9.13 Å². The van der Waals surface area contributed by atoms with Gasteiger partial charge in [0, 0.05) is 61.0 Å². The Labute approximate surface area is 269 Å². The molecule has 0 radical (unpaired) electrons. The lowest BCUT2D eigenvalue weighted by atomic mass is 10.0. The number of aromatic nitrogens is 2. The summed E-state index contributed by atoms with van der Waals surface area (Å²) < 4.78 is 4.50. The molecule has 0 saturated heterocycles. The minimum Gasteiger partial charge on any atom is -0.385 e. The first-order valence-electron chi connectivity index (χ1n) is 17.4.